The molecule has 2 atom stereocenters. The fraction of sp³-hybridized carbons (Fsp3) is 0.471. The van der Waals surface area contributed by atoms with E-state index < -0.39 is 0 Å². The van der Waals surface area contributed by atoms with E-state index in [1.807, 2.05) is 24.3 Å². The van der Waals surface area contributed by atoms with Crippen molar-refractivity contribution in [3.05, 3.63) is 35.4 Å². The summed E-state index contributed by atoms with van der Waals surface area (Å²) in [6, 6.07) is 8.01. The number of allylic oxidation sites excluding steroid dienone is 1. The third-order valence-corrected chi connectivity index (χ3v) is 5.88. The van der Waals surface area contributed by atoms with Gasteiger partial charge < -0.3 is 0 Å². The average Bonchev–Trinajstić information content (AvgIpc) is 2.66. The van der Waals surface area contributed by atoms with Gasteiger partial charge in [0, 0.05) is 10.3 Å². The highest BCUT2D eigenvalue weighted by atomic mass is 32.1. The first-order valence-corrected chi connectivity index (χ1v) is 7.36. The van der Waals surface area contributed by atoms with E-state index in [0.29, 0.717) is 11.7 Å². The molecule has 0 N–H and O–H groups in total. The standard InChI is InChI=1S/C17H20OS/c1-16(2)14-8-9-17(16,3)15(18)13(14)10-11-4-6-12(19)7-5-11/h4-7,10,14,19H,8-9H2,1-3H3. The van der Waals surface area contributed by atoms with Gasteiger partial charge in [-0.05, 0) is 53.5 Å². The van der Waals surface area contributed by atoms with Gasteiger partial charge in [-0.1, -0.05) is 32.9 Å². The number of benzene rings is 1. The second kappa shape index (κ2) is 3.99. The molecule has 2 bridgehead atoms. The van der Waals surface area contributed by atoms with Crippen molar-refractivity contribution in [2.45, 2.75) is 38.5 Å². The molecule has 1 nitrogen and oxygen atoms in total. The van der Waals surface area contributed by atoms with Crippen molar-refractivity contribution in [3.8, 4) is 0 Å². The number of Topliss-reactive ketones (excluding diaryl/α,β-unsaturated/α-hetero) is 1. The topological polar surface area (TPSA) is 17.1 Å². The summed E-state index contributed by atoms with van der Waals surface area (Å²) in [6.07, 6.45) is 4.27. The fourth-order valence-corrected chi connectivity index (χ4v) is 3.99. The van der Waals surface area contributed by atoms with Crippen LogP contribution in [0.1, 0.15) is 39.2 Å². The minimum Gasteiger partial charge on any atom is -0.294 e. The predicted octanol–water partition coefficient (Wildman–Crippen LogP) is 4.38. The third kappa shape index (κ3) is 1.66. The van der Waals surface area contributed by atoms with E-state index >= 15 is 0 Å². The molecule has 0 aliphatic heterocycles. The van der Waals surface area contributed by atoms with Crippen LogP contribution in [0, 0.1) is 16.7 Å². The van der Waals surface area contributed by atoms with Crippen LogP contribution in [-0.2, 0) is 4.79 Å². The maximum Gasteiger partial charge on any atom is 0.165 e. The predicted molar refractivity (Wildman–Crippen MR) is 81.3 cm³/mol. The zero-order chi connectivity index (χ0) is 13.8. The van der Waals surface area contributed by atoms with Crippen molar-refractivity contribution in [2.75, 3.05) is 0 Å². The first-order chi connectivity index (χ1) is 8.86. The molecule has 2 aliphatic rings. The lowest BCUT2D eigenvalue weighted by Gasteiger charge is -2.31. The molecular formula is C17H20OS. The molecule has 1 aromatic carbocycles. The maximum absolute atomic E-state index is 12.7. The summed E-state index contributed by atoms with van der Waals surface area (Å²) >= 11 is 4.29. The molecule has 2 saturated carbocycles. The molecule has 0 radical (unpaired) electrons. The number of hydrogen-bond acceptors (Lipinski definition) is 2. The smallest absolute Gasteiger partial charge is 0.165 e. The molecule has 2 aliphatic carbocycles. The summed E-state index contributed by atoms with van der Waals surface area (Å²) in [6.45, 7) is 6.65. The number of carbonyl (C=O) groups excluding carboxylic acids is 1. The zero-order valence-corrected chi connectivity index (χ0v) is 12.6. The molecular weight excluding hydrogens is 252 g/mol. The van der Waals surface area contributed by atoms with E-state index in [4.69, 9.17) is 0 Å². The van der Waals surface area contributed by atoms with E-state index in [2.05, 4.69) is 39.5 Å². The largest absolute Gasteiger partial charge is 0.294 e. The zero-order valence-electron chi connectivity index (χ0n) is 11.7. The Kier molecular flexibility index (Phi) is 2.72. The van der Waals surface area contributed by atoms with Crippen LogP contribution < -0.4 is 0 Å². The Bertz CT molecular complexity index is 567. The molecule has 100 valence electrons. The molecule has 0 aromatic heterocycles. The Morgan fingerprint density at radius 2 is 1.84 bits per heavy atom. The van der Waals surface area contributed by atoms with Gasteiger partial charge >= 0.3 is 0 Å². The number of rotatable bonds is 1. The van der Waals surface area contributed by atoms with Gasteiger partial charge in [-0.2, -0.15) is 0 Å². The van der Waals surface area contributed by atoms with Crippen LogP contribution in [0.15, 0.2) is 34.7 Å². The maximum atomic E-state index is 12.7. The van der Waals surface area contributed by atoms with Gasteiger partial charge in [0.2, 0.25) is 0 Å². The number of fused-ring (bicyclic) bond motifs is 2. The van der Waals surface area contributed by atoms with Gasteiger partial charge in [-0.15, -0.1) is 12.6 Å². The molecule has 0 spiro atoms. The number of hydrogen-bond donors (Lipinski definition) is 1. The summed E-state index contributed by atoms with van der Waals surface area (Å²) < 4.78 is 0. The lowest BCUT2D eigenvalue weighted by molar-refractivity contribution is -0.125. The Morgan fingerprint density at radius 1 is 1.21 bits per heavy atom. The Hall–Kier alpha value is -1.02. The monoisotopic (exact) mass is 272 g/mol. The van der Waals surface area contributed by atoms with Gasteiger partial charge in [-0.3, -0.25) is 4.79 Å². The molecule has 1 aromatic rings. The van der Waals surface area contributed by atoms with Crippen LogP contribution in [0.5, 0.6) is 0 Å². The summed E-state index contributed by atoms with van der Waals surface area (Å²) in [5.74, 6) is 0.782. The molecule has 19 heavy (non-hydrogen) atoms. The van der Waals surface area contributed by atoms with E-state index in [1.54, 1.807) is 0 Å². The lowest BCUT2D eigenvalue weighted by Crippen LogP contribution is -2.32. The number of thiol groups is 1. The Balaban J connectivity index is 2.04. The SMILES string of the molecule is CC12CCC(C(=Cc3ccc(S)cc3)C1=O)C2(C)C. The van der Waals surface area contributed by atoms with Crippen molar-refractivity contribution in [3.63, 3.8) is 0 Å². The highest BCUT2D eigenvalue weighted by Gasteiger charge is 2.63. The normalized spacial score (nSPS) is 34.2. The van der Waals surface area contributed by atoms with Crippen LogP contribution in [0.3, 0.4) is 0 Å². The van der Waals surface area contributed by atoms with E-state index in [1.165, 1.54) is 0 Å². The third-order valence-electron chi connectivity index (χ3n) is 5.58. The summed E-state index contributed by atoms with van der Waals surface area (Å²) in [7, 11) is 0. The second-order valence-corrected chi connectivity index (χ2v) is 7.18. The summed E-state index contributed by atoms with van der Waals surface area (Å²) in [5.41, 5.74) is 2.07. The van der Waals surface area contributed by atoms with Gasteiger partial charge in [0.05, 0.1) is 0 Å². The minimum atomic E-state index is -0.160. The second-order valence-electron chi connectivity index (χ2n) is 6.67. The molecule has 0 saturated heterocycles. The van der Waals surface area contributed by atoms with E-state index in [-0.39, 0.29) is 10.8 Å². The highest BCUT2D eigenvalue weighted by Crippen LogP contribution is 2.65. The Labute approximate surface area is 120 Å². The fourth-order valence-electron chi connectivity index (χ4n) is 3.84. The van der Waals surface area contributed by atoms with E-state index in [9.17, 15) is 4.79 Å². The minimum absolute atomic E-state index is 0.0966. The molecule has 2 unspecified atom stereocenters. The van der Waals surface area contributed by atoms with Gasteiger partial charge in [0.15, 0.2) is 5.78 Å². The van der Waals surface area contributed by atoms with Crippen LogP contribution in [0.2, 0.25) is 0 Å². The van der Waals surface area contributed by atoms with Crippen molar-refractivity contribution in [1.82, 2.24) is 0 Å². The first-order valence-electron chi connectivity index (χ1n) is 6.92. The molecule has 2 fully saturated rings. The molecule has 2 heteroatoms. The van der Waals surface area contributed by atoms with Crippen LogP contribution in [-0.4, -0.2) is 5.78 Å². The van der Waals surface area contributed by atoms with Crippen LogP contribution in [0.25, 0.3) is 6.08 Å². The highest BCUT2D eigenvalue weighted by molar-refractivity contribution is 7.80. The van der Waals surface area contributed by atoms with Gasteiger partial charge in [0.1, 0.15) is 0 Å². The van der Waals surface area contributed by atoms with E-state index in [0.717, 1.165) is 28.9 Å². The summed E-state index contributed by atoms with van der Waals surface area (Å²) in [4.78, 5) is 13.6. The molecule has 0 heterocycles. The van der Waals surface area contributed by atoms with Crippen molar-refractivity contribution < 1.29 is 4.79 Å². The quantitative estimate of drug-likeness (QED) is 0.593. The first kappa shape index (κ1) is 13.0. The van der Waals surface area contributed by atoms with Crippen molar-refractivity contribution in [2.24, 2.45) is 16.7 Å². The number of carbonyl (C=O) groups is 1. The van der Waals surface area contributed by atoms with Crippen LogP contribution >= 0.6 is 12.6 Å². The van der Waals surface area contributed by atoms with Crippen molar-refractivity contribution in [1.29, 1.82) is 0 Å². The van der Waals surface area contributed by atoms with Gasteiger partial charge in [0.25, 0.3) is 0 Å². The average molecular weight is 272 g/mol. The van der Waals surface area contributed by atoms with Gasteiger partial charge in [-0.25, -0.2) is 0 Å². The van der Waals surface area contributed by atoms with Crippen LogP contribution in [0.4, 0.5) is 0 Å². The number of ketones is 1. The lowest BCUT2D eigenvalue weighted by atomic mass is 9.70. The Morgan fingerprint density at radius 3 is 2.37 bits per heavy atom. The van der Waals surface area contributed by atoms with Crippen molar-refractivity contribution >= 4 is 24.5 Å². The summed E-state index contributed by atoms with van der Waals surface area (Å²) in [5, 5.41) is 0. The molecule has 3 rings (SSSR count). The molecule has 0 amide bonds.